The smallest absolute Gasteiger partial charge is 0.257 e. The fourth-order valence-electron chi connectivity index (χ4n) is 3.11. The van der Waals surface area contributed by atoms with Gasteiger partial charge in [-0.3, -0.25) is 4.79 Å². The van der Waals surface area contributed by atoms with Gasteiger partial charge in [0.25, 0.3) is 5.91 Å². The highest BCUT2D eigenvalue weighted by Crippen LogP contribution is 2.36. The maximum absolute atomic E-state index is 13.2. The van der Waals surface area contributed by atoms with E-state index >= 15 is 0 Å². The molecule has 0 aliphatic heterocycles. The van der Waals surface area contributed by atoms with Crippen molar-refractivity contribution in [2.45, 2.75) is 46.2 Å². The molecule has 1 aliphatic rings. The molecule has 1 amide bonds. The van der Waals surface area contributed by atoms with Crippen LogP contribution in [0.25, 0.3) is 0 Å². The Morgan fingerprint density at radius 2 is 1.96 bits per heavy atom. The third-order valence-corrected chi connectivity index (χ3v) is 4.90. The van der Waals surface area contributed by atoms with Crippen molar-refractivity contribution in [2.24, 2.45) is 5.92 Å². The van der Waals surface area contributed by atoms with Crippen molar-refractivity contribution >= 4 is 5.91 Å². The Kier molecular flexibility index (Phi) is 5.02. The van der Waals surface area contributed by atoms with Gasteiger partial charge < -0.3 is 9.64 Å². The molecule has 5 heteroatoms. The average molecular weight is 339 g/mol. The summed E-state index contributed by atoms with van der Waals surface area (Å²) < 4.78 is 5.22. The maximum atomic E-state index is 13.2. The predicted molar refractivity (Wildman–Crippen MR) is 96.6 cm³/mol. The number of amides is 1. The highest BCUT2D eigenvalue weighted by atomic mass is 16.5. The Labute approximate surface area is 149 Å². The third kappa shape index (κ3) is 3.98. The molecule has 5 nitrogen and oxygen atoms in total. The van der Waals surface area contributed by atoms with E-state index in [1.54, 1.807) is 13.3 Å². The molecule has 1 fully saturated rings. The number of carbonyl (C=O) groups excluding carboxylic acids is 1. The third-order valence-electron chi connectivity index (χ3n) is 4.90. The molecule has 1 heterocycles. The van der Waals surface area contributed by atoms with E-state index in [1.165, 1.54) is 12.8 Å². The van der Waals surface area contributed by atoms with Crippen molar-refractivity contribution < 1.29 is 9.53 Å². The summed E-state index contributed by atoms with van der Waals surface area (Å²) in [5.74, 6) is 2.10. The molecular formula is C20H25N3O2. The van der Waals surface area contributed by atoms with Crippen LogP contribution in [0.3, 0.4) is 0 Å². The Hall–Kier alpha value is -2.43. The zero-order valence-corrected chi connectivity index (χ0v) is 15.3. The van der Waals surface area contributed by atoms with Gasteiger partial charge in [-0.2, -0.15) is 0 Å². The quantitative estimate of drug-likeness (QED) is 0.808. The first kappa shape index (κ1) is 17.4. The molecule has 1 aromatic heterocycles. The number of hydrogen-bond donors (Lipinski definition) is 0. The van der Waals surface area contributed by atoms with Crippen molar-refractivity contribution in [3.63, 3.8) is 0 Å². The van der Waals surface area contributed by atoms with Gasteiger partial charge in [0.1, 0.15) is 11.6 Å². The fourth-order valence-corrected chi connectivity index (χ4v) is 3.11. The molecule has 2 aromatic rings. The lowest BCUT2D eigenvalue weighted by Gasteiger charge is -2.30. The molecule has 0 bridgehead atoms. The number of benzene rings is 1. The molecule has 1 aliphatic carbocycles. The van der Waals surface area contributed by atoms with Gasteiger partial charge in [0.2, 0.25) is 0 Å². The molecule has 0 spiro atoms. The summed E-state index contributed by atoms with van der Waals surface area (Å²) in [4.78, 5) is 23.7. The fraction of sp³-hybridized carbons (Fsp3) is 0.450. The lowest BCUT2D eigenvalue weighted by Crippen LogP contribution is -2.40. The monoisotopic (exact) mass is 339 g/mol. The molecule has 0 saturated heterocycles. The Balaban J connectivity index is 1.86. The van der Waals surface area contributed by atoms with E-state index in [-0.39, 0.29) is 11.9 Å². The minimum Gasteiger partial charge on any atom is -0.497 e. The van der Waals surface area contributed by atoms with E-state index in [4.69, 9.17) is 4.74 Å². The summed E-state index contributed by atoms with van der Waals surface area (Å²) in [6.07, 6.45) is 4.04. The lowest BCUT2D eigenvalue weighted by atomic mass is 10.1. The summed E-state index contributed by atoms with van der Waals surface area (Å²) in [6, 6.07) is 8.09. The van der Waals surface area contributed by atoms with Crippen LogP contribution in [-0.4, -0.2) is 33.9 Å². The molecule has 0 unspecified atom stereocenters. The van der Waals surface area contributed by atoms with Gasteiger partial charge in [-0.25, -0.2) is 9.97 Å². The number of rotatable bonds is 6. The number of ether oxygens (including phenoxy) is 1. The molecule has 1 aromatic carbocycles. The Morgan fingerprint density at radius 1 is 1.28 bits per heavy atom. The minimum atomic E-state index is 0.00715. The van der Waals surface area contributed by atoms with E-state index in [0.717, 1.165) is 17.0 Å². The molecule has 0 radical (unpaired) electrons. The van der Waals surface area contributed by atoms with Gasteiger partial charge in [0, 0.05) is 18.8 Å². The van der Waals surface area contributed by atoms with Crippen LogP contribution >= 0.6 is 0 Å². The van der Waals surface area contributed by atoms with E-state index in [0.29, 0.717) is 23.9 Å². The van der Waals surface area contributed by atoms with E-state index in [9.17, 15) is 4.79 Å². The number of methoxy groups -OCH3 is 1. The first-order chi connectivity index (χ1) is 12.0. The molecule has 132 valence electrons. The first-order valence-electron chi connectivity index (χ1n) is 8.73. The van der Waals surface area contributed by atoms with Crippen LogP contribution in [0.2, 0.25) is 0 Å². The van der Waals surface area contributed by atoms with E-state index < -0.39 is 0 Å². The van der Waals surface area contributed by atoms with Crippen molar-refractivity contribution in [1.82, 2.24) is 14.9 Å². The van der Waals surface area contributed by atoms with Gasteiger partial charge >= 0.3 is 0 Å². The Bertz CT molecular complexity index is 754. The second-order valence-electron chi connectivity index (χ2n) is 6.78. The zero-order valence-electron chi connectivity index (χ0n) is 15.3. The van der Waals surface area contributed by atoms with Gasteiger partial charge in [0.15, 0.2) is 0 Å². The van der Waals surface area contributed by atoms with Crippen LogP contribution in [0.4, 0.5) is 0 Å². The molecule has 25 heavy (non-hydrogen) atoms. The van der Waals surface area contributed by atoms with Crippen molar-refractivity contribution in [2.75, 3.05) is 7.11 Å². The number of nitrogens with zero attached hydrogens (tertiary/aromatic N) is 3. The molecule has 1 atom stereocenters. The van der Waals surface area contributed by atoms with Crippen LogP contribution in [0, 0.1) is 19.8 Å². The summed E-state index contributed by atoms with van der Waals surface area (Å²) in [7, 11) is 1.65. The maximum Gasteiger partial charge on any atom is 0.257 e. The van der Waals surface area contributed by atoms with Gasteiger partial charge in [-0.15, -0.1) is 0 Å². The van der Waals surface area contributed by atoms with Gasteiger partial charge in [0.05, 0.1) is 18.4 Å². The Morgan fingerprint density at radius 3 is 2.52 bits per heavy atom. The SMILES string of the molecule is COc1ccc(CN(C(=O)c2cnc(C)nc2C)[C@@H](C)C2CC2)cc1. The number of aryl methyl sites for hydroxylation is 2. The van der Waals surface area contributed by atoms with Crippen LogP contribution in [-0.2, 0) is 6.54 Å². The average Bonchev–Trinajstić information content (AvgIpc) is 3.44. The molecule has 1 saturated carbocycles. The molecule has 0 N–H and O–H groups in total. The van der Waals surface area contributed by atoms with Gasteiger partial charge in [-0.1, -0.05) is 12.1 Å². The largest absolute Gasteiger partial charge is 0.497 e. The van der Waals surface area contributed by atoms with Gasteiger partial charge in [-0.05, 0) is 57.2 Å². The number of carbonyl (C=O) groups is 1. The minimum absolute atomic E-state index is 0.00715. The highest BCUT2D eigenvalue weighted by molar-refractivity contribution is 5.95. The van der Waals surface area contributed by atoms with Crippen LogP contribution in [0.5, 0.6) is 5.75 Å². The number of aromatic nitrogens is 2. The van der Waals surface area contributed by atoms with E-state index in [2.05, 4.69) is 16.9 Å². The predicted octanol–water partition coefficient (Wildman–Crippen LogP) is 3.54. The standard InChI is InChI=1S/C20H25N3O2/c1-13-19(11-21-15(3)22-13)20(24)23(14(2)17-7-8-17)12-16-5-9-18(25-4)10-6-16/h5-6,9-11,14,17H,7-8,12H2,1-4H3/t14-/m0/s1. The normalized spacial score (nSPS) is 14.9. The van der Waals surface area contributed by atoms with Crippen LogP contribution in [0.15, 0.2) is 30.5 Å². The second-order valence-corrected chi connectivity index (χ2v) is 6.78. The van der Waals surface area contributed by atoms with Crippen molar-refractivity contribution in [3.05, 3.63) is 53.1 Å². The zero-order chi connectivity index (χ0) is 18.0. The van der Waals surface area contributed by atoms with Crippen molar-refractivity contribution in [1.29, 1.82) is 0 Å². The second kappa shape index (κ2) is 7.21. The first-order valence-corrected chi connectivity index (χ1v) is 8.73. The van der Waals surface area contributed by atoms with Crippen LogP contribution < -0.4 is 4.74 Å². The summed E-state index contributed by atoms with van der Waals surface area (Å²) >= 11 is 0. The highest BCUT2D eigenvalue weighted by Gasteiger charge is 2.35. The molecular weight excluding hydrogens is 314 g/mol. The number of hydrogen-bond acceptors (Lipinski definition) is 4. The summed E-state index contributed by atoms with van der Waals surface area (Å²) in [5, 5.41) is 0. The lowest BCUT2D eigenvalue weighted by molar-refractivity contribution is 0.0652. The van der Waals surface area contributed by atoms with Crippen molar-refractivity contribution in [3.8, 4) is 5.75 Å². The molecule has 3 rings (SSSR count). The topological polar surface area (TPSA) is 55.3 Å². The van der Waals surface area contributed by atoms with Crippen LogP contribution in [0.1, 0.15) is 47.2 Å². The summed E-state index contributed by atoms with van der Waals surface area (Å²) in [6.45, 7) is 6.43. The van der Waals surface area contributed by atoms with E-state index in [1.807, 2.05) is 43.0 Å². The summed E-state index contributed by atoms with van der Waals surface area (Å²) in [5.41, 5.74) is 2.42.